The van der Waals surface area contributed by atoms with Crippen molar-refractivity contribution < 1.29 is 4.74 Å². The fourth-order valence-electron chi connectivity index (χ4n) is 4.96. The topological polar surface area (TPSA) is 87.2 Å². The second-order valence-corrected chi connectivity index (χ2v) is 10.1. The van der Waals surface area contributed by atoms with Crippen molar-refractivity contribution in [2.45, 2.75) is 82.3 Å². The smallest absolute Gasteiger partial charge is 0.233 e. The zero-order chi connectivity index (χ0) is 23.9. The Morgan fingerprint density at radius 2 is 1.41 bits per heavy atom. The summed E-state index contributed by atoms with van der Waals surface area (Å²) in [5.74, 6) is 2.36. The molecule has 0 bridgehead atoms. The predicted octanol–water partition coefficient (Wildman–Crippen LogP) is 5.70. The Bertz CT molecular complexity index is 925. The molecule has 2 saturated carbocycles. The van der Waals surface area contributed by atoms with Crippen LogP contribution in [-0.4, -0.2) is 59.2 Å². The van der Waals surface area contributed by atoms with Gasteiger partial charge in [0.2, 0.25) is 17.8 Å². The van der Waals surface area contributed by atoms with Crippen LogP contribution in [0, 0.1) is 0 Å². The summed E-state index contributed by atoms with van der Waals surface area (Å²) in [6, 6.07) is 6.98. The molecule has 0 spiro atoms. The van der Waals surface area contributed by atoms with E-state index in [1.54, 1.807) is 7.11 Å². The maximum absolute atomic E-state index is 6.32. The van der Waals surface area contributed by atoms with Crippen LogP contribution in [0.3, 0.4) is 0 Å². The lowest BCUT2D eigenvalue weighted by Crippen LogP contribution is -2.36. The molecule has 0 unspecified atom stereocenters. The van der Waals surface area contributed by atoms with E-state index in [0.717, 1.165) is 31.4 Å². The molecule has 2 fully saturated rings. The summed E-state index contributed by atoms with van der Waals surface area (Å²) >= 11 is 6.32. The van der Waals surface area contributed by atoms with E-state index in [1.807, 2.05) is 18.2 Å². The lowest BCUT2D eigenvalue weighted by molar-refractivity contribution is 0.221. The van der Waals surface area contributed by atoms with Gasteiger partial charge in [0, 0.05) is 23.8 Å². The van der Waals surface area contributed by atoms with E-state index in [1.165, 1.54) is 38.5 Å². The molecule has 1 aromatic carbocycles. The average Bonchev–Trinajstić information content (AvgIpc) is 3.08. The summed E-state index contributed by atoms with van der Waals surface area (Å²) in [7, 11) is 5.94. The molecule has 0 radical (unpaired) electrons. The van der Waals surface area contributed by atoms with Gasteiger partial charge in [0.05, 0.1) is 12.1 Å². The minimum atomic E-state index is 0.368. The molecule has 0 amide bonds. The van der Waals surface area contributed by atoms with Crippen LogP contribution < -0.4 is 20.7 Å². The number of aromatic nitrogens is 3. The van der Waals surface area contributed by atoms with Gasteiger partial charge in [-0.2, -0.15) is 15.0 Å². The van der Waals surface area contributed by atoms with Crippen LogP contribution in [0.2, 0.25) is 5.02 Å². The molecule has 2 aliphatic carbocycles. The molecule has 4 rings (SSSR count). The molecule has 0 aliphatic heterocycles. The second-order valence-electron chi connectivity index (χ2n) is 9.73. The monoisotopic (exact) mass is 487 g/mol. The van der Waals surface area contributed by atoms with Crippen LogP contribution >= 0.6 is 11.6 Å². The van der Waals surface area contributed by atoms with E-state index in [9.17, 15) is 0 Å². The van der Waals surface area contributed by atoms with Gasteiger partial charge in [0.1, 0.15) is 5.75 Å². The van der Waals surface area contributed by atoms with Crippen LogP contribution in [0.15, 0.2) is 18.2 Å². The quantitative estimate of drug-likeness (QED) is 0.409. The number of hydrogen-bond acceptors (Lipinski definition) is 8. The number of hydrogen-bond donors (Lipinski definition) is 3. The van der Waals surface area contributed by atoms with E-state index in [4.69, 9.17) is 26.3 Å². The van der Waals surface area contributed by atoms with Crippen LogP contribution in [0.5, 0.6) is 5.75 Å². The number of ether oxygens (including phenoxy) is 1. The Balaban J connectivity index is 1.51. The molecular weight excluding hydrogens is 450 g/mol. The van der Waals surface area contributed by atoms with Gasteiger partial charge in [-0.05, 0) is 70.8 Å². The molecule has 3 N–H and O–H groups in total. The third kappa shape index (κ3) is 6.85. The number of nitrogens with one attached hydrogen (secondary N) is 3. The van der Waals surface area contributed by atoms with Gasteiger partial charge in [-0.15, -0.1) is 0 Å². The largest absolute Gasteiger partial charge is 0.495 e. The van der Waals surface area contributed by atoms with Gasteiger partial charge in [-0.25, -0.2) is 0 Å². The van der Waals surface area contributed by atoms with E-state index < -0.39 is 0 Å². The minimum absolute atomic E-state index is 0.368. The van der Waals surface area contributed by atoms with Gasteiger partial charge >= 0.3 is 0 Å². The van der Waals surface area contributed by atoms with Crippen LogP contribution in [0.1, 0.15) is 64.2 Å². The van der Waals surface area contributed by atoms with Crippen molar-refractivity contribution in [3.8, 4) is 5.75 Å². The van der Waals surface area contributed by atoms with Crippen LogP contribution in [0.4, 0.5) is 23.5 Å². The zero-order valence-corrected chi connectivity index (χ0v) is 21.4. The summed E-state index contributed by atoms with van der Waals surface area (Å²) in [6.07, 6.45) is 12.0. The first-order valence-corrected chi connectivity index (χ1v) is 12.9. The lowest BCUT2D eigenvalue weighted by Gasteiger charge is -2.33. The molecule has 34 heavy (non-hydrogen) atoms. The van der Waals surface area contributed by atoms with Gasteiger partial charge in [0.15, 0.2) is 0 Å². The van der Waals surface area contributed by atoms with Crippen molar-refractivity contribution in [2.24, 2.45) is 0 Å². The van der Waals surface area contributed by atoms with Crippen molar-refractivity contribution in [3.63, 3.8) is 0 Å². The van der Waals surface area contributed by atoms with Gasteiger partial charge in [-0.3, -0.25) is 0 Å². The number of nitrogens with zero attached hydrogens (tertiary/aromatic N) is 4. The van der Waals surface area contributed by atoms with E-state index in [-0.39, 0.29) is 0 Å². The summed E-state index contributed by atoms with van der Waals surface area (Å²) in [5.41, 5.74) is 0.801. The summed E-state index contributed by atoms with van der Waals surface area (Å²) in [6.45, 7) is 0. The van der Waals surface area contributed by atoms with E-state index in [2.05, 4.69) is 39.9 Å². The maximum Gasteiger partial charge on any atom is 0.233 e. The van der Waals surface area contributed by atoms with E-state index in [0.29, 0.717) is 46.7 Å². The first-order chi connectivity index (χ1) is 16.5. The fraction of sp³-hybridized carbons (Fsp3) is 0.640. The predicted molar refractivity (Wildman–Crippen MR) is 140 cm³/mol. The summed E-state index contributed by atoms with van der Waals surface area (Å²) in [4.78, 5) is 16.5. The third-order valence-corrected chi connectivity index (χ3v) is 7.29. The molecule has 9 heteroatoms. The highest BCUT2D eigenvalue weighted by Crippen LogP contribution is 2.29. The van der Waals surface area contributed by atoms with E-state index >= 15 is 0 Å². The van der Waals surface area contributed by atoms with Crippen molar-refractivity contribution in [3.05, 3.63) is 23.2 Å². The Morgan fingerprint density at radius 3 is 1.97 bits per heavy atom. The molecule has 0 saturated heterocycles. The highest BCUT2D eigenvalue weighted by Gasteiger charge is 2.23. The summed E-state index contributed by atoms with van der Waals surface area (Å²) < 4.78 is 5.27. The Labute approximate surface area is 208 Å². The Hall–Kier alpha value is -2.32. The second kappa shape index (κ2) is 11.9. The first kappa shape index (κ1) is 24.8. The normalized spacial score (nSPS) is 21.7. The number of methoxy groups -OCH3 is 1. The fourth-order valence-corrected chi connectivity index (χ4v) is 5.22. The third-order valence-electron chi connectivity index (χ3n) is 6.99. The van der Waals surface area contributed by atoms with Crippen molar-refractivity contribution in [1.29, 1.82) is 0 Å². The maximum atomic E-state index is 6.32. The van der Waals surface area contributed by atoms with Crippen molar-refractivity contribution in [1.82, 2.24) is 19.9 Å². The van der Waals surface area contributed by atoms with Crippen molar-refractivity contribution in [2.75, 3.05) is 37.2 Å². The van der Waals surface area contributed by atoms with Crippen LogP contribution in [0.25, 0.3) is 0 Å². The minimum Gasteiger partial charge on any atom is -0.495 e. The number of anilines is 4. The molecular formula is C25H38ClN7O. The SMILES string of the molecule is COc1ccc(Nc2nc(NC3CCCCCC3)nc(NC3CCC(N(C)C)CC3)n2)cc1Cl. The Kier molecular flexibility index (Phi) is 8.67. The van der Waals surface area contributed by atoms with Crippen molar-refractivity contribution >= 4 is 35.1 Å². The first-order valence-electron chi connectivity index (χ1n) is 12.6. The molecule has 0 atom stereocenters. The lowest BCUT2D eigenvalue weighted by atomic mass is 9.91. The number of halogens is 1. The molecule has 2 aliphatic rings. The molecule has 186 valence electrons. The average molecular weight is 488 g/mol. The van der Waals surface area contributed by atoms with Gasteiger partial charge < -0.3 is 25.6 Å². The molecule has 8 nitrogen and oxygen atoms in total. The summed E-state index contributed by atoms with van der Waals surface area (Å²) in [5, 5.41) is 11.0. The number of rotatable bonds is 8. The van der Waals surface area contributed by atoms with Gasteiger partial charge in [-0.1, -0.05) is 37.3 Å². The molecule has 2 aromatic rings. The zero-order valence-electron chi connectivity index (χ0n) is 20.6. The highest BCUT2D eigenvalue weighted by molar-refractivity contribution is 6.32. The molecule has 1 aromatic heterocycles. The van der Waals surface area contributed by atoms with Crippen LogP contribution in [-0.2, 0) is 0 Å². The Morgan fingerprint density at radius 1 is 0.824 bits per heavy atom. The van der Waals surface area contributed by atoms with Gasteiger partial charge in [0.25, 0.3) is 0 Å². The standard InChI is InChI=1S/C25H38ClN7O/c1-33(2)20-13-10-18(11-14-20)28-24-30-23(27-17-8-6-4-5-7-9-17)31-25(32-24)29-19-12-15-22(34-3)21(26)16-19/h12,15-18,20H,4-11,13-14H2,1-3H3,(H3,27,28,29,30,31,32). The highest BCUT2D eigenvalue weighted by atomic mass is 35.5. The molecule has 1 heterocycles. The number of benzene rings is 1.